The van der Waals surface area contributed by atoms with Gasteiger partial charge in [-0.05, 0) is 31.9 Å². The van der Waals surface area contributed by atoms with Crippen molar-refractivity contribution < 1.29 is 13.9 Å². The van der Waals surface area contributed by atoms with Crippen LogP contribution in [0.15, 0.2) is 47.1 Å². The van der Waals surface area contributed by atoms with Crippen LogP contribution in [-0.2, 0) is 0 Å². The highest BCUT2D eigenvalue weighted by molar-refractivity contribution is 5.92. The average Bonchev–Trinajstić information content (AvgIpc) is 3.06. The minimum absolute atomic E-state index is 0.105. The highest BCUT2D eigenvalue weighted by atomic mass is 16.5. The third-order valence-corrected chi connectivity index (χ3v) is 4.82. The number of para-hydroxylation sites is 1. The average molecular weight is 378 g/mol. The van der Waals surface area contributed by atoms with E-state index < -0.39 is 0 Å². The first-order valence-corrected chi connectivity index (χ1v) is 9.38. The molecule has 3 aromatic rings. The topological polar surface area (TPSA) is 81.4 Å². The van der Waals surface area contributed by atoms with Crippen LogP contribution in [0.4, 0.5) is 0 Å². The quantitative estimate of drug-likeness (QED) is 0.685. The Labute approximate surface area is 163 Å². The van der Waals surface area contributed by atoms with Crippen LogP contribution in [0.5, 0.6) is 11.6 Å². The van der Waals surface area contributed by atoms with E-state index >= 15 is 0 Å². The van der Waals surface area contributed by atoms with E-state index in [0.29, 0.717) is 42.1 Å². The van der Waals surface area contributed by atoms with Crippen LogP contribution in [0.2, 0.25) is 0 Å². The number of hydrogen-bond acceptors (Lipinski definition) is 6. The number of amides is 1. The first kappa shape index (κ1) is 18.2. The maximum Gasteiger partial charge on any atom is 0.291 e. The number of hydrogen-bond donors (Lipinski definition) is 0. The summed E-state index contributed by atoms with van der Waals surface area (Å²) in [5, 5.41) is 0. The van der Waals surface area contributed by atoms with Crippen molar-refractivity contribution in [1.82, 2.24) is 19.9 Å². The predicted octanol–water partition coefficient (Wildman–Crippen LogP) is 3.89. The molecular formula is C21H22N4O3. The molecule has 1 atom stereocenters. The molecule has 7 nitrogen and oxygen atoms in total. The van der Waals surface area contributed by atoms with E-state index in [9.17, 15) is 4.79 Å². The SMILES string of the molecule is Cc1nc(C)c(C(=O)N2CCCC(c3cncc(Oc4ccccc4)n3)C2)o1. The van der Waals surface area contributed by atoms with Gasteiger partial charge in [-0.3, -0.25) is 9.78 Å². The zero-order valence-electron chi connectivity index (χ0n) is 16.0. The van der Waals surface area contributed by atoms with Crippen molar-refractivity contribution in [2.75, 3.05) is 13.1 Å². The number of carbonyl (C=O) groups excluding carboxylic acids is 1. The number of nitrogens with zero attached hydrogens (tertiary/aromatic N) is 4. The zero-order chi connectivity index (χ0) is 19.5. The summed E-state index contributed by atoms with van der Waals surface area (Å²) >= 11 is 0. The Bertz CT molecular complexity index is 971. The lowest BCUT2D eigenvalue weighted by Gasteiger charge is -2.31. The van der Waals surface area contributed by atoms with E-state index in [0.717, 1.165) is 18.5 Å². The second-order valence-electron chi connectivity index (χ2n) is 6.94. The van der Waals surface area contributed by atoms with E-state index in [-0.39, 0.29) is 11.8 Å². The van der Waals surface area contributed by atoms with E-state index in [2.05, 4.69) is 15.0 Å². The molecule has 0 aliphatic carbocycles. The summed E-state index contributed by atoms with van der Waals surface area (Å²) in [5.74, 6) is 1.98. The summed E-state index contributed by atoms with van der Waals surface area (Å²) < 4.78 is 11.3. The van der Waals surface area contributed by atoms with Crippen molar-refractivity contribution in [2.45, 2.75) is 32.6 Å². The van der Waals surface area contributed by atoms with Crippen molar-refractivity contribution in [1.29, 1.82) is 0 Å². The zero-order valence-corrected chi connectivity index (χ0v) is 16.0. The summed E-state index contributed by atoms with van der Waals surface area (Å²) in [5.41, 5.74) is 1.46. The van der Waals surface area contributed by atoms with Gasteiger partial charge in [0.05, 0.1) is 17.6 Å². The molecule has 0 bridgehead atoms. The molecule has 1 aromatic carbocycles. The fraction of sp³-hybridized carbons (Fsp3) is 0.333. The van der Waals surface area contributed by atoms with Crippen molar-refractivity contribution in [3.63, 3.8) is 0 Å². The number of aromatic nitrogens is 3. The molecular weight excluding hydrogens is 356 g/mol. The lowest BCUT2D eigenvalue weighted by molar-refractivity contribution is 0.0671. The highest BCUT2D eigenvalue weighted by Crippen LogP contribution is 2.28. The minimum Gasteiger partial charge on any atom is -0.437 e. The fourth-order valence-electron chi connectivity index (χ4n) is 3.49. The lowest BCUT2D eigenvalue weighted by atomic mass is 9.95. The molecule has 0 radical (unpaired) electrons. The molecule has 1 amide bonds. The molecule has 1 unspecified atom stereocenters. The van der Waals surface area contributed by atoms with Gasteiger partial charge in [0.1, 0.15) is 5.75 Å². The summed E-state index contributed by atoms with van der Waals surface area (Å²) in [6.45, 7) is 4.81. The van der Waals surface area contributed by atoms with E-state index in [1.807, 2.05) is 35.2 Å². The molecule has 1 fully saturated rings. The molecule has 3 heterocycles. The molecule has 144 valence electrons. The minimum atomic E-state index is -0.118. The molecule has 1 saturated heterocycles. The highest BCUT2D eigenvalue weighted by Gasteiger charge is 2.29. The Morgan fingerprint density at radius 3 is 2.75 bits per heavy atom. The number of benzene rings is 1. The van der Waals surface area contributed by atoms with Gasteiger partial charge in [0.25, 0.3) is 5.91 Å². The Hall–Kier alpha value is -3.22. The van der Waals surface area contributed by atoms with Gasteiger partial charge < -0.3 is 14.1 Å². The van der Waals surface area contributed by atoms with Crippen LogP contribution in [-0.4, -0.2) is 38.8 Å². The Kier molecular flexibility index (Phi) is 5.06. The van der Waals surface area contributed by atoms with Gasteiger partial charge in [-0.2, -0.15) is 0 Å². The Morgan fingerprint density at radius 2 is 2.00 bits per heavy atom. The Morgan fingerprint density at radius 1 is 1.18 bits per heavy atom. The fourth-order valence-corrected chi connectivity index (χ4v) is 3.49. The first-order chi connectivity index (χ1) is 13.6. The number of carbonyl (C=O) groups is 1. The third kappa shape index (κ3) is 3.88. The summed E-state index contributed by atoms with van der Waals surface area (Å²) in [6.07, 6.45) is 5.19. The van der Waals surface area contributed by atoms with Crippen molar-refractivity contribution in [3.8, 4) is 11.6 Å². The number of ether oxygens (including phenoxy) is 1. The number of aryl methyl sites for hydroxylation is 2. The van der Waals surface area contributed by atoms with Crippen LogP contribution >= 0.6 is 0 Å². The second-order valence-corrected chi connectivity index (χ2v) is 6.94. The van der Waals surface area contributed by atoms with Gasteiger partial charge >= 0.3 is 0 Å². The van der Waals surface area contributed by atoms with Crippen LogP contribution in [0.3, 0.4) is 0 Å². The maximum atomic E-state index is 12.9. The molecule has 4 rings (SSSR count). The van der Waals surface area contributed by atoms with Gasteiger partial charge in [0.2, 0.25) is 11.6 Å². The summed E-state index contributed by atoms with van der Waals surface area (Å²) in [4.78, 5) is 27.8. The first-order valence-electron chi connectivity index (χ1n) is 9.38. The summed E-state index contributed by atoms with van der Waals surface area (Å²) in [7, 11) is 0. The van der Waals surface area contributed by atoms with E-state index in [1.165, 1.54) is 0 Å². The molecule has 28 heavy (non-hydrogen) atoms. The molecule has 0 N–H and O–H groups in total. The van der Waals surface area contributed by atoms with Crippen LogP contribution in [0.1, 0.15) is 46.6 Å². The standard InChI is InChI=1S/C21H22N4O3/c1-14-20(27-15(2)23-14)21(26)25-10-6-7-16(13-25)18-11-22-12-19(24-18)28-17-8-4-3-5-9-17/h3-5,8-9,11-12,16H,6-7,10,13H2,1-2H3. The van der Waals surface area contributed by atoms with Crippen molar-refractivity contribution >= 4 is 5.91 Å². The van der Waals surface area contributed by atoms with Gasteiger partial charge in [0, 0.05) is 32.1 Å². The molecule has 2 aromatic heterocycles. The van der Waals surface area contributed by atoms with Crippen molar-refractivity contribution in [3.05, 3.63) is 65.8 Å². The molecule has 1 aliphatic heterocycles. The van der Waals surface area contributed by atoms with Gasteiger partial charge in [-0.25, -0.2) is 9.97 Å². The van der Waals surface area contributed by atoms with Gasteiger partial charge in [-0.1, -0.05) is 18.2 Å². The van der Waals surface area contributed by atoms with Crippen LogP contribution in [0.25, 0.3) is 0 Å². The third-order valence-electron chi connectivity index (χ3n) is 4.82. The largest absolute Gasteiger partial charge is 0.437 e. The van der Waals surface area contributed by atoms with E-state index in [4.69, 9.17) is 9.15 Å². The summed E-state index contributed by atoms with van der Waals surface area (Å²) in [6, 6.07) is 9.49. The monoisotopic (exact) mass is 378 g/mol. The number of oxazole rings is 1. The number of piperidine rings is 1. The predicted molar refractivity (Wildman–Crippen MR) is 102 cm³/mol. The number of rotatable bonds is 4. The maximum absolute atomic E-state index is 12.9. The van der Waals surface area contributed by atoms with Crippen LogP contribution in [0, 0.1) is 13.8 Å². The lowest BCUT2D eigenvalue weighted by Crippen LogP contribution is -2.39. The van der Waals surface area contributed by atoms with Crippen molar-refractivity contribution in [2.24, 2.45) is 0 Å². The normalized spacial score (nSPS) is 16.8. The van der Waals surface area contributed by atoms with Gasteiger partial charge in [0.15, 0.2) is 5.89 Å². The number of likely N-dealkylation sites (tertiary alicyclic amines) is 1. The Balaban J connectivity index is 1.49. The molecule has 7 heteroatoms. The van der Waals surface area contributed by atoms with E-state index in [1.54, 1.807) is 26.2 Å². The molecule has 0 spiro atoms. The smallest absolute Gasteiger partial charge is 0.291 e. The molecule has 0 saturated carbocycles. The second kappa shape index (κ2) is 7.80. The molecule has 1 aliphatic rings. The van der Waals surface area contributed by atoms with Gasteiger partial charge in [-0.15, -0.1) is 0 Å². The van der Waals surface area contributed by atoms with Crippen LogP contribution < -0.4 is 4.74 Å².